The second-order valence-electron chi connectivity index (χ2n) is 4.94. The average Bonchev–Trinajstić information content (AvgIpc) is 3.03. The molecular formula is C13H12N4O3. The second kappa shape index (κ2) is 4.04. The van der Waals surface area contributed by atoms with Gasteiger partial charge < -0.3 is 9.84 Å². The highest BCUT2D eigenvalue weighted by Gasteiger charge is 2.29. The van der Waals surface area contributed by atoms with Crippen molar-refractivity contribution in [2.45, 2.75) is 19.5 Å². The van der Waals surface area contributed by atoms with Crippen LogP contribution in [0.2, 0.25) is 0 Å². The summed E-state index contributed by atoms with van der Waals surface area (Å²) in [5.41, 5.74) is 3.00. The van der Waals surface area contributed by atoms with Gasteiger partial charge in [-0.05, 0) is 11.6 Å². The van der Waals surface area contributed by atoms with E-state index in [0.29, 0.717) is 17.9 Å². The second-order valence-corrected chi connectivity index (χ2v) is 4.94. The summed E-state index contributed by atoms with van der Waals surface area (Å²) < 4.78 is 5.42. The Hall–Kier alpha value is -2.41. The highest BCUT2D eigenvalue weighted by molar-refractivity contribution is 6.08. The third-order valence-corrected chi connectivity index (χ3v) is 3.75. The summed E-state index contributed by atoms with van der Waals surface area (Å²) in [5, 5.41) is 10.4. The molecule has 0 spiro atoms. The predicted molar refractivity (Wildman–Crippen MR) is 70.1 cm³/mol. The van der Waals surface area contributed by atoms with E-state index in [1.807, 2.05) is 12.1 Å². The number of benzene rings is 1. The molecule has 3 heterocycles. The van der Waals surface area contributed by atoms with Gasteiger partial charge in [0.25, 0.3) is 0 Å². The van der Waals surface area contributed by atoms with Crippen LogP contribution in [-0.2, 0) is 17.9 Å². The molecule has 0 aliphatic carbocycles. The Labute approximate surface area is 113 Å². The van der Waals surface area contributed by atoms with Gasteiger partial charge >= 0.3 is 6.03 Å². The molecule has 2 aliphatic heterocycles. The van der Waals surface area contributed by atoms with Gasteiger partial charge in [-0.25, -0.2) is 4.79 Å². The highest BCUT2D eigenvalue weighted by atomic mass is 16.5. The largest absolute Gasteiger partial charge is 0.354 e. The zero-order valence-corrected chi connectivity index (χ0v) is 10.6. The fraction of sp³-hybridized carbons (Fsp3) is 0.308. The third kappa shape index (κ3) is 1.53. The summed E-state index contributed by atoms with van der Waals surface area (Å²) in [4.78, 5) is 24.5. The highest BCUT2D eigenvalue weighted by Crippen LogP contribution is 2.32. The van der Waals surface area contributed by atoms with E-state index in [1.54, 1.807) is 0 Å². The van der Waals surface area contributed by atoms with Crippen LogP contribution in [-0.4, -0.2) is 23.6 Å². The number of aromatic nitrogens is 1. The summed E-state index contributed by atoms with van der Waals surface area (Å²) in [7, 11) is 0. The number of hydrogen-bond acceptors (Lipinski definition) is 5. The van der Waals surface area contributed by atoms with Gasteiger partial charge in [-0.2, -0.15) is 0 Å². The summed E-state index contributed by atoms with van der Waals surface area (Å²) in [6, 6.07) is 3.48. The van der Waals surface area contributed by atoms with Crippen molar-refractivity contribution in [2.75, 3.05) is 11.4 Å². The molecule has 2 aromatic rings. The lowest BCUT2D eigenvalue weighted by atomic mass is 10.1. The van der Waals surface area contributed by atoms with Gasteiger partial charge in [0.2, 0.25) is 5.91 Å². The fourth-order valence-corrected chi connectivity index (χ4v) is 2.73. The van der Waals surface area contributed by atoms with Crippen LogP contribution in [0.25, 0.3) is 11.0 Å². The number of carbonyl (C=O) groups is 2. The summed E-state index contributed by atoms with van der Waals surface area (Å²) in [6.45, 7) is 1.88. The molecule has 0 bridgehead atoms. The van der Waals surface area contributed by atoms with E-state index < -0.39 is 6.03 Å². The molecule has 1 fully saturated rings. The van der Waals surface area contributed by atoms with Crippen LogP contribution in [0.15, 0.2) is 16.7 Å². The molecule has 4 rings (SSSR count). The van der Waals surface area contributed by atoms with Crippen LogP contribution in [0, 0.1) is 0 Å². The van der Waals surface area contributed by atoms with E-state index in [0.717, 1.165) is 24.0 Å². The molecule has 1 aromatic carbocycles. The zero-order chi connectivity index (χ0) is 13.7. The van der Waals surface area contributed by atoms with Crippen LogP contribution in [0.3, 0.4) is 0 Å². The van der Waals surface area contributed by atoms with Gasteiger partial charge in [0, 0.05) is 31.6 Å². The van der Waals surface area contributed by atoms with Crippen molar-refractivity contribution in [3.63, 3.8) is 0 Å². The van der Waals surface area contributed by atoms with Crippen LogP contribution in [0.1, 0.15) is 17.5 Å². The van der Waals surface area contributed by atoms with Crippen molar-refractivity contribution in [3.05, 3.63) is 23.3 Å². The molecule has 102 valence electrons. The number of nitrogens with zero attached hydrogens (tertiary/aromatic N) is 2. The Bertz CT molecular complexity index is 737. The van der Waals surface area contributed by atoms with Crippen molar-refractivity contribution in [3.8, 4) is 0 Å². The van der Waals surface area contributed by atoms with Crippen molar-refractivity contribution < 1.29 is 14.1 Å². The summed E-state index contributed by atoms with van der Waals surface area (Å²) in [5.74, 6) is 0.212. The molecule has 2 aliphatic rings. The van der Waals surface area contributed by atoms with Crippen molar-refractivity contribution in [1.82, 2.24) is 15.8 Å². The summed E-state index contributed by atoms with van der Waals surface area (Å²) >= 11 is 0. The monoisotopic (exact) mass is 272 g/mol. The van der Waals surface area contributed by atoms with E-state index in [-0.39, 0.29) is 12.3 Å². The van der Waals surface area contributed by atoms with Gasteiger partial charge in [-0.3, -0.25) is 15.0 Å². The SMILES string of the molecule is O=C1CCN(c2noc3c4c(ccc23)CNC4)C(=O)N1. The van der Waals surface area contributed by atoms with Crippen molar-refractivity contribution >= 4 is 28.7 Å². The third-order valence-electron chi connectivity index (χ3n) is 3.75. The van der Waals surface area contributed by atoms with Gasteiger partial charge in [0.05, 0.1) is 5.39 Å². The molecule has 2 N–H and O–H groups in total. The first-order valence-electron chi connectivity index (χ1n) is 6.46. The number of carbonyl (C=O) groups excluding carboxylic acids is 2. The van der Waals surface area contributed by atoms with Crippen LogP contribution >= 0.6 is 0 Å². The first kappa shape index (κ1) is 11.4. The molecule has 0 saturated carbocycles. The van der Waals surface area contributed by atoms with Crippen molar-refractivity contribution in [2.24, 2.45) is 0 Å². The van der Waals surface area contributed by atoms with E-state index in [1.165, 1.54) is 10.5 Å². The fourth-order valence-electron chi connectivity index (χ4n) is 2.73. The molecule has 0 radical (unpaired) electrons. The minimum atomic E-state index is -0.449. The smallest absolute Gasteiger partial charge is 0.329 e. The molecule has 1 saturated heterocycles. The van der Waals surface area contributed by atoms with Crippen LogP contribution < -0.4 is 15.5 Å². The Morgan fingerprint density at radius 3 is 3.00 bits per heavy atom. The van der Waals surface area contributed by atoms with Gasteiger partial charge in [-0.15, -0.1) is 0 Å². The number of urea groups is 1. The number of rotatable bonds is 1. The van der Waals surface area contributed by atoms with Crippen LogP contribution in [0.5, 0.6) is 0 Å². The van der Waals surface area contributed by atoms with E-state index >= 15 is 0 Å². The lowest BCUT2D eigenvalue weighted by Gasteiger charge is -2.24. The maximum absolute atomic E-state index is 11.9. The zero-order valence-electron chi connectivity index (χ0n) is 10.6. The maximum Gasteiger partial charge on any atom is 0.329 e. The predicted octanol–water partition coefficient (Wildman–Crippen LogP) is 0.877. The number of fused-ring (bicyclic) bond motifs is 3. The van der Waals surface area contributed by atoms with E-state index in [2.05, 4.69) is 15.8 Å². The molecule has 20 heavy (non-hydrogen) atoms. The van der Waals surface area contributed by atoms with Crippen LogP contribution in [0.4, 0.5) is 10.6 Å². The summed E-state index contributed by atoms with van der Waals surface area (Å²) in [6.07, 6.45) is 0.270. The van der Waals surface area contributed by atoms with Crippen molar-refractivity contribution in [1.29, 1.82) is 0 Å². The minimum Gasteiger partial charge on any atom is -0.354 e. The van der Waals surface area contributed by atoms with E-state index in [9.17, 15) is 9.59 Å². The lowest BCUT2D eigenvalue weighted by Crippen LogP contribution is -2.49. The van der Waals surface area contributed by atoms with E-state index in [4.69, 9.17) is 4.52 Å². The molecule has 3 amide bonds. The average molecular weight is 272 g/mol. The molecule has 0 unspecified atom stereocenters. The normalized spacial score (nSPS) is 18.5. The molecular weight excluding hydrogens is 260 g/mol. The Kier molecular flexibility index (Phi) is 2.31. The standard InChI is InChI=1S/C13H12N4O3/c18-10-3-4-17(13(19)15-10)12-8-2-1-7-5-14-6-9(7)11(8)20-16-12/h1-2,14H,3-6H2,(H,15,18,19). The molecule has 7 nitrogen and oxygen atoms in total. The van der Waals surface area contributed by atoms with Gasteiger partial charge in [0.15, 0.2) is 11.4 Å². The minimum absolute atomic E-state index is 0.260. The first-order chi connectivity index (χ1) is 9.74. The molecule has 7 heteroatoms. The van der Waals surface area contributed by atoms with Gasteiger partial charge in [0.1, 0.15) is 0 Å². The maximum atomic E-state index is 11.9. The number of imide groups is 1. The first-order valence-corrected chi connectivity index (χ1v) is 6.46. The lowest BCUT2D eigenvalue weighted by molar-refractivity contribution is -0.120. The topological polar surface area (TPSA) is 87.5 Å². The van der Waals surface area contributed by atoms with Gasteiger partial charge in [-0.1, -0.05) is 11.2 Å². The Morgan fingerprint density at radius 1 is 1.25 bits per heavy atom. The quantitative estimate of drug-likeness (QED) is 0.804. The Balaban J connectivity index is 1.81. The number of nitrogens with one attached hydrogen (secondary N) is 2. The molecule has 0 atom stereocenters. The number of amides is 3. The number of hydrogen-bond donors (Lipinski definition) is 2. The number of anilines is 1. The Morgan fingerprint density at radius 2 is 2.15 bits per heavy atom. The molecule has 1 aromatic heterocycles.